The van der Waals surface area contributed by atoms with Gasteiger partial charge in [0.25, 0.3) is 10.0 Å². The number of thiazole rings is 1. The molecule has 0 aliphatic rings. The maximum absolute atomic E-state index is 12.5. The molecule has 0 aromatic carbocycles. The SMILES string of the molecule is CCc1nnc(NS(=O)(=O)c2c(NN)nc3sccn23)s1. The Morgan fingerprint density at radius 3 is 2.90 bits per heavy atom. The van der Waals surface area contributed by atoms with Crippen LogP contribution in [0.1, 0.15) is 11.9 Å². The summed E-state index contributed by atoms with van der Waals surface area (Å²) in [6.07, 6.45) is 2.30. The maximum Gasteiger partial charge on any atom is 0.283 e. The molecule has 0 bridgehead atoms. The number of nitrogens with two attached hydrogens (primary N) is 1. The first-order chi connectivity index (χ1) is 10.0. The minimum atomic E-state index is -3.88. The number of hydrazine groups is 1. The molecule has 4 N–H and O–H groups in total. The van der Waals surface area contributed by atoms with E-state index in [4.69, 9.17) is 5.84 Å². The van der Waals surface area contributed by atoms with Crippen molar-refractivity contribution in [2.24, 2.45) is 5.84 Å². The van der Waals surface area contributed by atoms with Crippen molar-refractivity contribution in [3.8, 4) is 0 Å². The standard InChI is InChI=1S/C9H11N7O2S3/c1-2-5-13-14-8(20-5)15-21(17,18)7-6(12-10)11-9-16(7)3-4-19-9/h3-4,12H,2,10H2,1H3,(H,14,15). The Labute approximate surface area is 127 Å². The predicted molar refractivity (Wildman–Crippen MR) is 81.0 cm³/mol. The molecule has 0 aliphatic heterocycles. The highest BCUT2D eigenvalue weighted by molar-refractivity contribution is 7.93. The molecular formula is C9H11N7O2S3. The summed E-state index contributed by atoms with van der Waals surface area (Å²) >= 11 is 2.49. The van der Waals surface area contributed by atoms with Crippen LogP contribution in [0, 0.1) is 0 Å². The van der Waals surface area contributed by atoms with Gasteiger partial charge < -0.3 is 5.43 Å². The lowest BCUT2D eigenvalue weighted by atomic mass is 10.5. The lowest BCUT2D eigenvalue weighted by Crippen LogP contribution is -2.18. The fourth-order valence-electron chi connectivity index (χ4n) is 1.72. The van der Waals surface area contributed by atoms with Crippen LogP contribution in [0.2, 0.25) is 0 Å². The molecule has 3 heterocycles. The lowest BCUT2D eigenvalue weighted by molar-refractivity contribution is 0.597. The van der Waals surface area contributed by atoms with Crippen molar-refractivity contribution >= 4 is 48.6 Å². The molecule has 0 radical (unpaired) electrons. The maximum atomic E-state index is 12.5. The number of nitrogens with zero attached hydrogens (tertiary/aromatic N) is 4. The van der Waals surface area contributed by atoms with Gasteiger partial charge in [0.2, 0.25) is 10.2 Å². The Bertz CT molecular complexity index is 878. The van der Waals surface area contributed by atoms with Gasteiger partial charge in [-0.1, -0.05) is 18.3 Å². The number of hydrogen-bond donors (Lipinski definition) is 3. The smallest absolute Gasteiger partial charge is 0.283 e. The molecule has 112 valence electrons. The molecule has 0 atom stereocenters. The number of rotatable bonds is 5. The topological polar surface area (TPSA) is 127 Å². The number of sulfonamides is 1. The summed E-state index contributed by atoms with van der Waals surface area (Å²) in [7, 11) is -3.88. The second-order valence-electron chi connectivity index (χ2n) is 3.93. The van der Waals surface area contributed by atoms with Crippen molar-refractivity contribution in [1.82, 2.24) is 19.6 Å². The molecule has 0 aliphatic carbocycles. The first kappa shape index (κ1) is 14.2. The van der Waals surface area contributed by atoms with E-state index in [9.17, 15) is 8.42 Å². The molecular weight excluding hydrogens is 334 g/mol. The molecule has 21 heavy (non-hydrogen) atoms. The van der Waals surface area contributed by atoms with E-state index in [0.717, 1.165) is 5.01 Å². The van der Waals surface area contributed by atoms with Gasteiger partial charge in [-0.2, -0.15) is 13.4 Å². The molecule has 0 unspecified atom stereocenters. The summed E-state index contributed by atoms with van der Waals surface area (Å²) in [5.41, 5.74) is 2.30. The van der Waals surface area contributed by atoms with Gasteiger partial charge in [-0.25, -0.2) is 5.84 Å². The van der Waals surface area contributed by atoms with Gasteiger partial charge in [0.1, 0.15) is 5.01 Å². The van der Waals surface area contributed by atoms with Crippen molar-refractivity contribution in [2.75, 3.05) is 10.1 Å². The molecule has 12 heteroatoms. The Morgan fingerprint density at radius 1 is 1.43 bits per heavy atom. The molecule has 0 saturated carbocycles. The normalized spacial score (nSPS) is 11.9. The van der Waals surface area contributed by atoms with Crippen molar-refractivity contribution in [3.05, 3.63) is 16.6 Å². The van der Waals surface area contributed by atoms with Gasteiger partial charge in [-0.3, -0.25) is 9.12 Å². The van der Waals surface area contributed by atoms with Gasteiger partial charge >= 0.3 is 0 Å². The number of nitrogen functional groups attached to an aromatic ring is 1. The van der Waals surface area contributed by atoms with Crippen LogP contribution >= 0.6 is 22.7 Å². The van der Waals surface area contributed by atoms with E-state index in [-0.39, 0.29) is 16.0 Å². The van der Waals surface area contributed by atoms with Gasteiger partial charge in [0.15, 0.2) is 10.8 Å². The predicted octanol–water partition coefficient (Wildman–Crippen LogP) is 0.896. The molecule has 9 nitrogen and oxygen atoms in total. The van der Waals surface area contributed by atoms with E-state index in [2.05, 4.69) is 25.3 Å². The highest BCUT2D eigenvalue weighted by Crippen LogP contribution is 2.27. The zero-order valence-electron chi connectivity index (χ0n) is 10.8. The summed E-state index contributed by atoms with van der Waals surface area (Å²) in [5.74, 6) is 5.43. The van der Waals surface area contributed by atoms with E-state index in [0.29, 0.717) is 11.4 Å². The minimum Gasteiger partial charge on any atom is -0.306 e. The molecule has 0 fully saturated rings. The zero-order valence-corrected chi connectivity index (χ0v) is 13.2. The van der Waals surface area contributed by atoms with Gasteiger partial charge in [-0.05, 0) is 6.42 Å². The van der Waals surface area contributed by atoms with Crippen molar-refractivity contribution in [3.63, 3.8) is 0 Å². The molecule has 3 aromatic heterocycles. The fourth-order valence-corrected chi connectivity index (χ4v) is 4.65. The highest BCUT2D eigenvalue weighted by atomic mass is 32.2. The number of aromatic nitrogens is 4. The largest absolute Gasteiger partial charge is 0.306 e. The summed E-state index contributed by atoms with van der Waals surface area (Å²) in [6.45, 7) is 1.92. The van der Waals surface area contributed by atoms with Crippen LogP contribution in [-0.4, -0.2) is 28.0 Å². The number of aryl methyl sites for hydroxylation is 1. The monoisotopic (exact) mass is 345 g/mol. The first-order valence-corrected chi connectivity index (χ1v) is 9.00. The Kier molecular flexibility index (Phi) is 3.52. The van der Waals surface area contributed by atoms with Crippen LogP contribution in [-0.2, 0) is 16.4 Å². The van der Waals surface area contributed by atoms with Crippen LogP contribution in [0.15, 0.2) is 16.6 Å². The Morgan fingerprint density at radius 2 is 2.24 bits per heavy atom. The molecule has 3 aromatic rings. The van der Waals surface area contributed by atoms with E-state index < -0.39 is 10.0 Å². The average molecular weight is 345 g/mol. The highest BCUT2D eigenvalue weighted by Gasteiger charge is 2.27. The van der Waals surface area contributed by atoms with Gasteiger partial charge in [-0.15, -0.1) is 21.5 Å². The lowest BCUT2D eigenvalue weighted by Gasteiger charge is -2.05. The molecule has 3 rings (SSSR count). The second kappa shape index (κ2) is 5.22. The molecule has 0 spiro atoms. The number of imidazole rings is 1. The molecule has 0 amide bonds. The first-order valence-electron chi connectivity index (χ1n) is 5.82. The second-order valence-corrected chi connectivity index (χ2v) is 7.46. The van der Waals surface area contributed by atoms with Gasteiger partial charge in [0, 0.05) is 11.6 Å². The Hall–Kier alpha value is -1.76. The van der Waals surface area contributed by atoms with E-state index in [1.54, 1.807) is 11.6 Å². The fraction of sp³-hybridized carbons (Fsp3) is 0.222. The minimum absolute atomic E-state index is 0.0606. The summed E-state index contributed by atoms with van der Waals surface area (Å²) in [6, 6.07) is 0. The third-order valence-corrected chi connectivity index (χ3v) is 5.83. The van der Waals surface area contributed by atoms with Crippen LogP contribution in [0.5, 0.6) is 0 Å². The Balaban J connectivity index is 2.05. The number of fused-ring (bicyclic) bond motifs is 1. The summed E-state index contributed by atoms with van der Waals surface area (Å²) < 4.78 is 28.9. The zero-order chi connectivity index (χ0) is 15.0. The van der Waals surface area contributed by atoms with Crippen LogP contribution in [0.3, 0.4) is 0 Å². The van der Waals surface area contributed by atoms with E-state index >= 15 is 0 Å². The summed E-state index contributed by atoms with van der Waals surface area (Å²) in [4.78, 5) is 4.64. The van der Waals surface area contributed by atoms with Crippen molar-refractivity contribution in [1.29, 1.82) is 0 Å². The van der Waals surface area contributed by atoms with Crippen LogP contribution in [0.4, 0.5) is 10.9 Å². The number of nitrogens with one attached hydrogen (secondary N) is 2. The third-order valence-electron chi connectivity index (χ3n) is 2.60. The van der Waals surface area contributed by atoms with E-state index in [1.165, 1.54) is 27.1 Å². The third kappa shape index (κ3) is 2.46. The van der Waals surface area contributed by atoms with Crippen LogP contribution < -0.4 is 16.0 Å². The quantitative estimate of drug-likeness (QED) is 0.463. The summed E-state index contributed by atoms with van der Waals surface area (Å²) in [5, 5.41) is 10.3. The van der Waals surface area contributed by atoms with E-state index in [1.807, 2.05) is 6.92 Å². The van der Waals surface area contributed by atoms with Crippen molar-refractivity contribution < 1.29 is 8.42 Å². The number of anilines is 2. The van der Waals surface area contributed by atoms with Crippen LogP contribution in [0.25, 0.3) is 4.96 Å². The number of hydrogen-bond acceptors (Lipinski definition) is 9. The molecule has 0 saturated heterocycles. The average Bonchev–Trinajstić information content (AvgIpc) is 3.11. The van der Waals surface area contributed by atoms with Crippen molar-refractivity contribution in [2.45, 2.75) is 18.4 Å². The van der Waals surface area contributed by atoms with Gasteiger partial charge in [0.05, 0.1) is 0 Å².